The van der Waals surface area contributed by atoms with Crippen LogP contribution in [0.4, 0.5) is 4.79 Å². The fourth-order valence-corrected chi connectivity index (χ4v) is 5.05. The number of primary amides is 1. The van der Waals surface area contributed by atoms with Crippen LogP contribution in [0.5, 0.6) is 0 Å². The van der Waals surface area contributed by atoms with Gasteiger partial charge in [0.05, 0.1) is 28.2 Å². The average Bonchev–Trinajstić information content (AvgIpc) is 3.28. The number of piperazine rings is 1. The van der Waals surface area contributed by atoms with E-state index in [0.717, 1.165) is 0 Å². The zero-order valence-corrected chi connectivity index (χ0v) is 18.3. The van der Waals surface area contributed by atoms with Gasteiger partial charge in [0.15, 0.2) is 5.72 Å². The van der Waals surface area contributed by atoms with Crippen LogP contribution in [-0.4, -0.2) is 65.5 Å². The molecule has 0 radical (unpaired) electrons. The zero-order valence-electron chi connectivity index (χ0n) is 16.6. The summed E-state index contributed by atoms with van der Waals surface area (Å²) in [4.78, 5) is 39.5. The van der Waals surface area contributed by atoms with Crippen molar-refractivity contribution in [2.75, 3.05) is 20.3 Å². The number of hydrogen-bond donors (Lipinski definition) is 4. The molecular weight excluding hydrogens is 416 g/mol. The highest BCUT2D eigenvalue weighted by Crippen LogP contribution is 2.55. The predicted octanol–water partition coefficient (Wildman–Crippen LogP) is 0.294. The SMILES string of the molecule is CO[C@@]12[C@H](COC(N)=O)C3=C(C(=O)C(C)=C(NC(C)(C)SS)C3=O)N1C[C@@H]1N[C@@H]12. The van der Waals surface area contributed by atoms with Crippen LogP contribution >= 0.6 is 22.5 Å². The highest BCUT2D eigenvalue weighted by atomic mass is 33.1. The Morgan fingerprint density at radius 1 is 1.45 bits per heavy atom. The van der Waals surface area contributed by atoms with E-state index in [1.807, 2.05) is 18.7 Å². The summed E-state index contributed by atoms with van der Waals surface area (Å²) in [7, 11) is 2.77. The molecule has 4 atom stereocenters. The summed E-state index contributed by atoms with van der Waals surface area (Å²) in [6.07, 6.45) is -0.942. The lowest BCUT2D eigenvalue weighted by molar-refractivity contribution is -0.137. The van der Waals surface area contributed by atoms with E-state index in [2.05, 4.69) is 22.3 Å². The molecule has 158 valence electrons. The van der Waals surface area contributed by atoms with E-state index >= 15 is 0 Å². The number of Topliss-reactive ketones (excluding diaryl/α,β-unsaturated/α-hetero) is 2. The number of amides is 1. The molecule has 11 heteroatoms. The maximum atomic E-state index is 13.6. The molecule has 0 unspecified atom stereocenters. The molecule has 4 N–H and O–H groups in total. The number of carbonyl (C=O) groups is 3. The number of nitrogens with two attached hydrogens (primary N) is 1. The van der Waals surface area contributed by atoms with Gasteiger partial charge in [0.25, 0.3) is 0 Å². The second kappa shape index (κ2) is 6.66. The molecule has 0 aromatic carbocycles. The number of nitrogens with one attached hydrogen (secondary N) is 2. The minimum absolute atomic E-state index is 0.0682. The van der Waals surface area contributed by atoms with Crippen LogP contribution in [-0.2, 0) is 19.1 Å². The van der Waals surface area contributed by atoms with Gasteiger partial charge in [-0.3, -0.25) is 9.59 Å². The van der Waals surface area contributed by atoms with E-state index in [1.54, 1.807) is 14.0 Å². The molecule has 0 aromatic rings. The summed E-state index contributed by atoms with van der Waals surface area (Å²) in [5, 5.41) is 6.47. The number of allylic oxidation sites excluding steroid dienone is 2. The molecule has 1 amide bonds. The van der Waals surface area contributed by atoms with Gasteiger partial charge in [-0.05, 0) is 20.8 Å². The van der Waals surface area contributed by atoms with E-state index in [4.69, 9.17) is 15.2 Å². The maximum absolute atomic E-state index is 13.6. The summed E-state index contributed by atoms with van der Waals surface area (Å²) in [6.45, 7) is 5.75. The summed E-state index contributed by atoms with van der Waals surface area (Å²) >= 11 is 4.25. The van der Waals surface area contributed by atoms with Crippen molar-refractivity contribution in [1.82, 2.24) is 15.5 Å². The smallest absolute Gasteiger partial charge is 0.404 e. The van der Waals surface area contributed by atoms with Crippen molar-refractivity contribution in [3.05, 3.63) is 22.5 Å². The molecule has 3 heterocycles. The molecule has 0 aromatic heterocycles. The number of nitrogens with zero attached hydrogens (tertiary/aromatic N) is 1. The first-order valence-electron chi connectivity index (χ1n) is 9.25. The Morgan fingerprint density at radius 3 is 2.72 bits per heavy atom. The number of hydrogen-bond acceptors (Lipinski definition) is 10. The third-order valence-corrected chi connectivity index (χ3v) is 8.01. The number of methoxy groups -OCH3 is 1. The highest BCUT2D eigenvalue weighted by molar-refractivity contribution is 8.69. The number of ether oxygens (including phenoxy) is 2. The van der Waals surface area contributed by atoms with E-state index < -0.39 is 22.6 Å². The van der Waals surface area contributed by atoms with Gasteiger partial charge in [-0.1, -0.05) is 10.8 Å². The fraction of sp³-hybridized carbons (Fsp3) is 0.611. The quantitative estimate of drug-likeness (QED) is 0.151. The lowest BCUT2D eigenvalue weighted by Crippen LogP contribution is -2.55. The normalized spacial score (nSPS) is 33.0. The molecule has 29 heavy (non-hydrogen) atoms. The van der Waals surface area contributed by atoms with E-state index in [-0.39, 0.29) is 36.0 Å². The van der Waals surface area contributed by atoms with Gasteiger partial charge in [0, 0.05) is 30.8 Å². The molecule has 2 saturated heterocycles. The third-order valence-electron chi connectivity index (χ3n) is 6.08. The standard InChI is InChI=1S/C18H24N4O5S2/c1-7-11(21-17(2,3)29-28)14(24)10-8(6-27-16(19)25)18(26-4)15-9(20-15)5-22(18)12(10)13(7)23/h8-9,15,20-21,28H,5-6H2,1-4H3,(H2,19,25)/t8-,9+,15+,18-/m1/s1. The van der Waals surface area contributed by atoms with Gasteiger partial charge in [0.2, 0.25) is 11.6 Å². The van der Waals surface area contributed by atoms with E-state index in [9.17, 15) is 14.4 Å². The molecule has 0 spiro atoms. The van der Waals surface area contributed by atoms with Crippen molar-refractivity contribution in [2.45, 2.75) is 43.5 Å². The Balaban J connectivity index is 1.79. The molecule has 3 aliphatic heterocycles. The molecule has 4 aliphatic rings. The summed E-state index contributed by atoms with van der Waals surface area (Å²) in [5.74, 6) is -1.17. The molecule has 4 rings (SSSR count). The minimum atomic E-state index is -0.973. The van der Waals surface area contributed by atoms with Crippen molar-refractivity contribution in [3.63, 3.8) is 0 Å². The minimum Gasteiger partial charge on any atom is -0.449 e. The maximum Gasteiger partial charge on any atom is 0.404 e. The second-order valence-corrected chi connectivity index (χ2v) is 9.90. The van der Waals surface area contributed by atoms with Gasteiger partial charge in [0.1, 0.15) is 6.61 Å². The second-order valence-electron chi connectivity index (χ2n) is 8.15. The number of ketones is 2. The number of rotatable bonds is 6. The van der Waals surface area contributed by atoms with Crippen molar-refractivity contribution >= 4 is 40.1 Å². The van der Waals surface area contributed by atoms with E-state index in [1.165, 1.54) is 10.8 Å². The molecule has 1 aliphatic carbocycles. The van der Waals surface area contributed by atoms with Crippen LogP contribution in [0.15, 0.2) is 22.5 Å². The number of thiol groups is 1. The van der Waals surface area contributed by atoms with Crippen molar-refractivity contribution in [3.8, 4) is 0 Å². The molecule has 9 nitrogen and oxygen atoms in total. The Hall–Kier alpha value is -1.69. The third kappa shape index (κ3) is 2.82. The van der Waals surface area contributed by atoms with Crippen LogP contribution in [0.2, 0.25) is 0 Å². The first-order chi connectivity index (χ1) is 13.6. The van der Waals surface area contributed by atoms with Gasteiger partial charge in [-0.25, -0.2) is 4.79 Å². The molecule has 0 saturated carbocycles. The van der Waals surface area contributed by atoms with Crippen molar-refractivity contribution < 1.29 is 23.9 Å². The van der Waals surface area contributed by atoms with Crippen LogP contribution < -0.4 is 16.4 Å². The average molecular weight is 441 g/mol. The van der Waals surface area contributed by atoms with Crippen molar-refractivity contribution in [2.24, 2.45) is 11.7 Å². The van der Waals surface area contributed by atoms with Gasteiger partial charge < -0.3 is 30.7 Å². The Labute approximate surface area is 177 Å². The first-order valence-corrected chi connectivity index (χ1v) is 11.1. The Bertz CT molecular complexity index is 885. The van der Waals surface area contributed by atoms with E-state index in [0.29, 0.717) is 23.4 Å². The first kappa shape index (κ1) is 20.6. The van der Waals surface area contributed by atoms with Crippen LogP contribution in [0.25, 0.3) is 0 Å². The number of fused-ring (bicyclic) bond motifs is 4. The molecule has 0 bridgehead atoms. The summed E-state index contributed by atoms with van der Waals surface area (Å²) in [5.41, 5.74) is 5.43. The topological polar surface area (TPSA) is 133 Å². The van der Waals surface area contributed by atoms with Gasteiger partial charge in [-0.2, -0.15) is 0 Å². The number of carbonyl (C=O) groups excluding carboxylic acids is 3. The lowest BCUT2D eigenvalue weighted by atomic mass is 9.82. The van der Waals surface area contributed by atoms with Gasteiger partial charge in [-0.15, -0.1) is 11.7 Å². The monoisotopic (exact) mass is 440 g/mol. The van der Waals surface area contributed by atoms with Crippen LogP contribution in [0.3, 0.4) is 0 Å². The Kier molecular flexibility index (Phi) is 4.72. The summed E-state index contributed by atoms with van der Waals surface area (Å²) < 4.78 is 11.0. The Morgan fingerprint density at radius 2 is 2.14 bits per heavy atom. The van der Waals surface area contributed by atoms with Crippen molar-refractivity contribution in [1.29, 1.82) is 0 Å². The largest absolute Gasteiger partial charge is 0.449 e. The molecular formula is C18H24N4O5S2. The molecule has 2 fully saturated rings. The summed E-state index contributed by atoms with van der Waals surface area (Å²) in [6, 6.07) is 0.0904. The van der Waals surface area contributed by atoms with Gasteiger partial charge >= 0.3 is 6.09 Å². The fourth-order valence-electron chi connectivity index (χ4n) is 4.77. The zero-order chi connectivity index (χ0) is 21.3. The van der Waals surface area contributed by atoms with Crippen LogP contribution in [0.1, 0.15) is 20.8 Å². The predicted molar refractivity (Wildman–Crippen MR) is 110 cm³/mol. The van der Waals surface area contributed by atoms with Crippen LogP contribution in [0, 0.1) is 5.92 Å². The highest BCUT2D eigenvalue weighted by Gasteiger charge is 2.72. The lowest BCUT2D eigenvalue weighted by Gasteiger charge is -2.39.